The Kier molecular flexibility index (Phi) is 5.76. The van der Waals surface area contributed by atoms with Crippen molar-refractivity contribution in [1.29, 1.82) is 0 Å². The highest BCUT2D eigenvalue weighted by Gasteiger charge is 2.11. The molecule has 0 spiro atoms. The van der Waals surface area contributed by atoms with Crippen molar-refractivity contribution in [3.05, 3.63) is 65.5 Å². The highest BCUT2D eigenvalue weighted by molar-refractivity contribution is 6.43. The Morgan fingerprint density at radius 2 is 1.10 bits per heavy atom. The van der Waals surface area contributed by atoms with Gasteiger partial charge in [-0.25, -0.2) is 0 Å². The van der Waals surface area contributed by atoms with E-state index in [-0.39, 0.29) is 0 Å². The molecule has 20 heavy (non-hydrogen) atoms. The van der Waals surface area contributed by atoms with E-state index in [1.54, 1.807) is 24.3 Å². The van der Waals surface area contributed by atoms with E-state index in [9.17, 15) is 0 Å². The van der Waals surface area contributed by atoms with Crippen LogP contribution in [0.2, 0.25) is 30.1 Å². The van der Waals surface area contributed by atoms with Crippen LogP contribution in [0.4, 0.5) is 0 Å². The third-order valence-electron chi connectivity index (χ3n) is 2.84. The Balaban J connectivity index is 2.23. The van der Waals surface area contributed by atoms with Crippen LogP contribution in [0.3, 0.4) is 0 Å². The molecule has 0 aliphatic heterocycles. The summed E-state index contributed by atoms with van der Waals surface area (Å²) < 4.78 is 0. The van der Waals surface area contributed by atoms with Crippen molar-refractivity contribution in [2.45, 2.75) is 12.8 Å². The van der Waals surface area contributed by atoms with Gasteiger partial charge in [-0.2, -0.15) is 0 Å². The molecule has 0 fully saturated rings. The summed E-state index contributed by atoms with van der Waals surface area (Å²) in [6.45, 7) is 0. The average molecular weight is 389 g/mol. The predicted molar refractivity (Wildman–Crippen MR) is 90.4 cm³/mol. The number of benzene rings is 2. The van der Waals surface area contributed by atoms with E-state index in [1.165, 1.54) is 0 Å². The molecule has 0 aliphatic rings. The fourth-order valence-corrected chi connectivity index (χ4v) is 3.50. The van der Waals surface area contributed by atoms with Gasteiger partial charge in [-0.15, -0.1) is 0 Å². The second-order valence-electron chi connectivity index (χ2n) is 4.21. The van der Waals surface area contributed by atoms with Crippen molar-refractivity contribution in [1.82, 2.24) is 0 Å². The van der Waals surface area contributed by atoms with Crippen LogP contribution in [-0.4, -0.2) is 0 Å². The Morgan fingerprint density at radius 1 is 0.550 bits per heavy atom. The van der Waals surface area contributed by atoms with Crippen molar-refractivity contribution in [2.75, 3.05) is 0 Å². The summed E-state index contributed by atoms with van der Waals surface area (Å²) in [6.07, 6.45) is 1.28. The first-order valence-corrected chi connectivity index (χ1v) is 7.92. The van der Waals surface area contributed by atoms with E-state index in [2.05, 4.69) is 0 Å². The summed E-state index contributed by atoms with van der Waals surface area (Å²) >= 11 is 36.2. The van der Waals surface area contributed by atoms with Gasteiger partial charge in [0.25, 0.3) is 0 Å². The minimum absolute atomic E-state index is 0.433. The highest BCUT2D eigenvalue weighted by Crippen LogP contribution is 2.33. The van der Waals surface area contributed by atoms with E-state index in [1.807, 2.05) is 0 Å². The molecule has 0 atom stereocenters. The Labute approximate surface area is 147 Å². The molecule has 0 saturated heterocycles. The molecule has 0 aromatic heterocycles. The molecule has 0 saturated carbocycles. The van der Waals surface area contributed by atoms with Gasteiger partial charge < -0.3 is 0 Å². The normalized spacial score (nSPS) is 10.9. The first kappa shape index (κ1) is 16.5. The standard InChI is InChI=1S/C14H8Cl6/c15-8-4-11(17)9(12(18)5-8)2-1-7-3-13(19)14(20)6-10(7)16/h3-6H,1-2H2. The number of hydrogen-bond acceptors (Lipinski definition) is 0. The van der Waals surface area contributed by atoms with Crippen LogP contribution in [0.25, 0.3) is 0 Å². The summed E-state index contributed by atoms with van der Waals surface area (Å²) in [4.78, 5) is 0. The molecule has 2 rings (SSSR count). The fourth-order valence-electron chi connectivity index (χ4n) is 1.83. The van der Waals surface area contributed by atoms with Crippen molar-refractivity contribution in [3.63, 3.8) is 0 Å². The molecule has 0 nitrogen and oxygen atoms in total. The Hall–Kier alpha value is 0.180. The molecule has 2 aromatic rings. The SMILES string of the molecule is Clc1cc(Cl)c(CCc2cc(Cl)c(Cl)cc2Cl)c(Cl)c1. The first-order chi connectivity index (χ1) is 9.38. The van der Waals surface area contributed by atoms with Crippen molar-refractivity contribution in [3.8, 4) is 0 Å². The number of rotatable bonds is 3. The molecule has 2 aromatic carbocycles. The van der Waals surface area contributed by atoms with Crippen LogP contribution < -0.4 is 0 Å². The summed E-state index contributed by atoms with van der Waals surface area (Å²) in [5.41, 5.74) is 1.73. The molecule has 6 heteroatoms. The van der Waals surface area contributed by atoms with E-state index in [4.69, 9.17) is 69.6 Å². The Morgan fingerprint density at radius 3 is 1.70 bits per heavy atom. The molecule has 106 valence electrons. The lowest BCUT2D eigenvalue weighted by Crippen LogP contribution is -1.95. The van der Waals surface area contributed by atoms with Gasteiger partial charge in [0.2, 0.25) is 0 Å². The maximum absolute atomic E-state index is 6.15. The molecule has 0 bridgehead atoms. The smallest absolute Gasteiger partial charge is 0.0607 e. The highest BCUT2D eigenvalue weighted by atomic mass is 35.5. The third kappa shape index (κ3) is 3.88. The molecule has 0 N–H and O–H groups in total. The van der Waals surface area contributed by atoms with Gasteiger partial charge in [-0.3, -0.25) is 0 Å². The van der Waals surface area contributed by atoms with Gasteiger partial charge in [0.1, 0.15) is 0 Å². The second-order valence-corrected chi connectivity index (χ2v) is 6.68. The zero-order valence-electron chi connectivity index (χ0n) is 9.99. The largest absolute Gasteiger partial charge is 0.0842 e. The number of halogens is 6. The summed E-state index contributed by atoms with van der Waals surface area (Å²) in [7, 11) is 0. The minimum atomic E-state index is 0.433. The maximum Gasteiger partial charge on any atom is 0.0607 e. The molecule has 0 aliphatic carbocycles. The van der Waals surface area contributed by atoms with Crippen molar-refractivity contribution < 1.29 is 0 Å². The van der Waals surface area contributed by atoms with Crippen LogP contribution >= 0.6 is 69.6 Å². The van der Waals surface area contributed by atoms with E-state index in [0.717, 1.165) is 11.1 Å². The fraction of sp³-hybridized carbons (Fsp3) is 0.143. The summed E-state index contributed by atoms with van der Waals surface area (Å²) in [5.74, 6) is 0. The molecule has 0 radical (unpaired) electrons. The Bertz CT molecular complexity index is 627. The van der Waals surface area contributed by atoms with E-state index >= 15 is 0 Å². The van der Waals surface area contributed by atoms with Crippen LogP contribution in [0.1, 0.15) is 11.1 Å². The topological polar surface area (TPSA) is 0 Å². The average Bonchev–Trinajstić information content (AvgIpc) is 2.33. The molecule has 0 heterocycles. The zero-order chi connectivity index (χ0) is 14.9. The lowest BCUT2D eigenvalue weighted by molar-refractivity contribution is 0.961. The molecule has 0 amide bonds. The quantitative estimate of drug-likeness (QED) is 0.480. The number of aryl methyl sites for hydroxylation is 1. The van der Waals surface area contributed by atoms with Gasteiger partial charge in [-0.05, 0) is 48.2 Å². The van der Waals surface area contributed by atoms with Crippen molar-refractivity contribution in [2.24, 2.45) is 0 Å². The van der Waals surface area contributed by atoms with Gasteiger partial charge >= 0.3 is 0 Å². The minimum Gasteiger partial charge on any atom is -0.0842 e. The van der Waals surface area contributed by atoms with E-state index < -0.39 is 0 Å². The van der Waals surface area contributed by atoms with Gasteiger partial charge in [0, 0.05) is 20.1 Å². The third-order valence-corrected chi connectivity index (χ3v) is 4.81. The zero-order valence-corrected chi connectivity index (χ0v) is 14.5. The lowest BCUT2D eigenvalue weighted by atomic mass is 10.0. The maximum atomic E-state index is 6.15. The summed E-state index contributed by atoms with van der Waals surface area (Å²) in [5, 5.41) is 3.07. The van der Waals surface area contributed by atoms with E-state index in [0.29, 0.717) is 43.0 Å². The van der Waals surface area contributed by atoms with Crippen molar-refractivity contribution >= 4 is 69.6 Å². The van der Waals surface area contributed by atoms with Gasteiger partial charge in [0.05, 0.1) is 10.0 Å². The van der Waals surface area contributed by atoms with Crippen LogP contribution in [0.15, 0.2) is 24.3 Å². The van der Waals surface area contributed by atoms with Gasteiger partial charge in [0.15, 0.2) is 0 Å². The molecular formula is C14H8Cl6. The van der Waals surface area contributed by atoms with Crippen LogP contribution in [0, 0.1) is 0 Å². The predicted octanol–water partition coefficient (Wildman–Crippen LogP) is 7.39. The molecular weight excluding hydrogens is 381 g/mol. The lowest BCUT2D eigenvalue weighted by Gasteiger charge is -2.10. The van der Waals surface area contributed by atoms with Crippen LogP contribution in [0.5, 0.6) is 0 Å². The van der Waals surface area contributed by atoms with Crippen LogP contribution in [-0.2, 0) is 12.8 Å². The number of hydrogen-bond donors (Lipinski definition) is 0. The molecule has 0 unspecified atom stereocenters. The first-order valence-electron chi connectivity index (χ1n) is 5.65. The summed E-state index contributed by atoms with van der Waals surface area (Å²) in [6, 6.07) is 6.72. The monoisotopic (exact) mass is 386 g/mol. The second kappa shape index (κ2) is 6.96. The van der Waals surface area contributed by atoms with Gasteiger partial charge in [-0.1, -0.05) is 69.6 Å².